The van der Waals surface area contributed by atoms with E-state index in [0.717, 1.165) is 17.7 Å². The van der Waals surface area contributed by atoms with Crippen LogP contribution >= 0.6 is 0 Å². The second kappa shape index (κ2) is 5.89. The van der Waals surface area contributed by atoms with Crippen LogP contribution in [0.2, 0.25) is 0 Å². The maximum absolute atomic E-state index is 11.9. The molecular formula is C15H24N2O. The van der Waals surface area contributed by atoms with Gasteiger partial charge in [-0.2, -0.15) is 0 Å². The predicted molar refractivity (Wildman–Crippen MR) is 76.9 cm³/mol. The molecule has 1 atom stereocenters. The SMILES string of the molecule is CCc1ccccc1NC(=O)N[C@H](C)C(C)(C)C. The Morgan fingerprint density at radius 2 is 1.89 bits per heavy atom. The van der Waals surface area contributed by atoms with Crippen molar-refractivity contribution in [1.82, 2.24) is 5.32 Å². The summed E-state index contributed by atoms with van der Waals surface area (Å²) in [5.74, 6) is 0. The van der Waals surface area contributed by atoms with Gasteiger partial charge in [-0.05, 0) is 30.4 Å². The summed E-state index contributed by atoms with van der Waals surface area (Å²) in [6, 6.07) is 7.86. The van der Waals surface area contributed by atoms with E-state index in [4.69, 9.17) is 0 Å². The maximum atomic E-state index is 11.9. The van der Waals surface area contributed by atoms with Crippen LogP contribution in [0.1, 0.15) is 40.2 Å². The van der Waals surface area contributed by atoms with Crippen molar-refractivity contribution in [3.63, 3.8) is 0 Å². The highest BCUT2D eigenvalue weighted by atomic mass is 16.2. The number of carbonyl (C=O) groups excluding carboxylic acids is 1. The highest BCUT2D eigenvalue weighted by Gasteiger charge is 2.21. The quantitative estimate of drug-likeness (QED) is 0.839. The molecule has 100 valence electrons. The predicted octanol–water partition coefficient (Wildman–Crippen LogP) is 3.81. The van der Waals surface area contributed by atoms with E-state index in [9.17, 15) is 4.79 Å². The number of rotatable bonds is 3. The first kappa shape index (κ1) is 14.6. The van der Waals surface area contributed by atoms with Gasteiger partial charge in [-0.25, -0.2) is 4.79 Å². The largest absolute Gasteiger partial charge is 0.335 e. The summed E-state index contributed by atoms with van der Waals surface area (Å²) in [4.78, 5) is 11.9. The van der Waals surface area contributed by atoms with E-state index in [-0.39, 0.29) is 17.5 Å². The molecule has 0 saturated carbocycles. The number of para-hydroxylation sites is 1. The monoisotopic (exact) mass is 248 g/mol. The molecule has 2 N–H and O–H groups in total. The topological polar surface area (TPSA) is 41.1 Å². The molecule has 3 nitrogen and oxygen atoms in total. The zero-order valence-electron chi connectivity index (χ0n) is 12.0. The summed E-state index contributed by atoms with van der Waals surface area (Å²) < 4.78 is 0. The van der Waals surface area contributed by atoms with Gasteiger partial charge in [0.05, 0.1) is 0 Å². The number of carbonyl (C=O) groups is 1. The summed E-state index contributed by atoms with van der Waals surface area (Å²) in [5.41, 5.74) is 2.09. The van der Waals surface area contributed by atoms with Gasteiger partial charge in [0.1, 0.15) is 0 Å². The number of hydrogen-bond acceptors (Lipinski definition) is 1. The molecule has 1 rings (SSSR count). The Balaban J connectivity index is 2.65. The van der Waals surface area contributed by atoms with Crippen LogP contribution < -0.4 is 10.6 Å². The molecule has 0 bridgehead atoms. The van der Waals surface area contributed by atoms with E-state index >= 15 is 0 Å². The summed E-state index contributed by atoms with van der Waals surface area (Å²) >= 11 is 0. The average Bonchev–Trinajstić information content (AvgIpc) is 2.28. The van der Waals surface area contributed by atoms with Gasteiger partial charge in [-0.3, -0.25) is 0 Å². The van der Waals surface area contributed by atoms with Gasteiger partial charge in [0.2, 0.25) is 0 Å². The number of aryl methyl sites for hydroxylation is 1. The average molecular weight is 248 g/mol. The number of nitrogens with one attached hydrogen (secondary N) is 2. The molecule has 0 heterocycles. The van der Waals surface area contributed by atoms with Gasteiger partial charge in [-0.1, -0.05) is 45.9 Å². The lowest BCUT2D eigenvalue weighted by Crippen LogP contribution is -2.43. The fourth-order valence-electron chi connectivity index (χ4n) is 1.52. The third kappa shape index (κ3) is 4.06. The van der Waals surface area contributed by atoms with Gasteiger partial charge in [0.25, 0.3) is 0 Å². The lowest BCUT2D eigenvalue weighted by molar-refractivity contribution is 0.233. The Kier molecular flexibility index (Phi) is 4.76. The number of amides is 2. The number of hydrogen-bond donors (Lipinski definition) is 2. The first-order valence-corrected chi connectivity index (χ1v) is 6.50. The van der Waals surface area contributed by atoms with Crippen LogP contribution in [0.25, 0.3) is 0 Å². The Morgan fingerprint density at radius 1 is 1.28 bits per heavy atom. The molecule has 0 aliphatic rings. The van der Waals surface area contributed by atoms with E-state index in [1.165, 1.54) is 0 Å². The molecule has 0 saturated heterocycles. The summed E-state index contributed by atoms with van der Waals surface area (Å²) in [5, 5.41) is 5.88. The van der Waals surface area contributed by atoms with Crippen molar-refractivity contribution in [3.8, 4) is 0 Å². The molecule has 0 unspecified atom stereocenters. The van der Waals surface area contributed by atoms with Crippen LogP contribution in [0.4, 0.5) is 10.5 Å². The Bertz CT molecular complexity index is 407. The number of anilines is 1. The van der Waals surface area contributed by atoms with E-state index in [0.29, 0.717) is 0 Å². The van der Waals surface area contributed by atoms with Gasteiger partial charge in [-0.15, -0.1) is 0 Å². The van der Waals surface area contributed by atoms with Crippen molar-refractivity contribution in [2.45, 2.75) is 47.1 Å². The van der Waals surface area contributed by atoms with Crippen LogP contribution in [-0.4, -0.2) is 12.1 Å². The molecular weight excluding hydrogens is 224 g/mol. The van der Waals surface area contributed by atoms with Crippen molar-refractivity contribution in [2.75, 3.05) is 5.32 Å². The van der Waals surface area contributed by atoms with Crippen LogP contribution in [0, 0.1) is 5.41 Å². The molecule has 0 aliphatic carbocycles. The summed E-state index contributed by atoms with van der Waals surface area (Å²) in [6.45, 7) is 10.4. The second-order valence-electron chi connectivity index (χ2n) is 5.70. The smallest absolute Gasteiger partial charge is 0.319 e. The van der Waals surface area contributed by atoms with Crippen LogP contribution in [0.15, 0.2) is 24.3 Å². The molecule has 2 amide bonds. The minimum atomic E-state index is -0.140. The molecule has 1 aromatic carbocycles. The molecule has 0 spiro atoms. The molecule has 1 aromatic rings. The van der Waals surface area contributed by atoms with Crippen molar-refractivity contribution in [3.05, 3.63) is 29.8 Å². The first-order chi connectivity index (χ1) is 8.34. The number of urea groups is 1. The zero-order chi connectivity index (χ0) is 13.8. The molecule has 0 aromatic heterocycles. The van der Waals surface area contributed by atoms with E-state index < -0.39 is 0 Å². The van der Waals surface area contributed by atoms with Crippen molar-refractivity contribution in [2.24, 2.45) is 5.41 Å². The highest BCUT2D eigenvalue weighted by molar-refractivity contribution is 5.90. The van der Waals surface area contributed by atoms with Crippen LogP contribution in [-0.2, 0) is 6.42 Å². The second-order valence-corrected chi connectivity index (χ2v) is 5.70. The lowest BCUT2D eigenvalue weighted by atomic mass is 9.88. The highest BCUT2D eigenvalue weighted by Crippen LogP contribution is 2.19. The molecule has 0 fully saturated rings. The van der Waals surface area contributed by atoms with Crippen molar-refractivity contribution < 1.29 is 4.79 Å². The minimum Gasteiger partial charge on any atom is -0.335 e. The third-order valence-electron chi connectivity index (χ3n) is 3.29. The van der Waals surface area contributed by atoms with Gasteiger partial charge >= 0.3 is 6.03 Å². The Morgan fingerprint density at radius 3 is 2.44 bits per heavy atom. The zero-order valence-corrected chi connectivity index (χ0v) is 12.0. The molecule has 18 heavy (non-hydrogen) atoms. The fourth-order valence-corrected chi connectivity index (χ4v) is 1.52. The summed E-state index contributed by atoms with van der Waals surface area (Å²) in [7, 11) is 0. The van der Waals surface area contributed by atoms with Crippen LogP contribution in [0.5, 0.6) is 0 Å². The van der Waals surface area contributed by atoms with E-state index in [2.05, 4.69) is 38.3 Å². The normalized spacial score (nSPS) is 12.9. The maximum Gasteiger partial charge on any atom is 0.319 e. The van der Waals surface area contributed by atoms with Gasteiger partial charge in [0, 0.05) is 11.7 Å². The minimum absolute atomic E-state index is 0.0572. The molecule has 0 aliphatic heterocycles. The summed E-state index contributed by atoms with van der Waals surface area (Å²) in [6.07, 6.45) is 0.908. The van der Waals surface area contributed by atoms with E-state index in [1.54, 1.807) is 0 Å². The van der Waals surface area contributed by atoms with Crippen LogP contribution in [0.3, 0.4) is 0 Å². The van der Waals surface area contributed by atoms with Crippen molar-refractivity contribution >= 4 is 11.7 Å². The molecule has 3 heteroatoms. The number of benzene rings is 1. The van der Waals surface area contributed by atoms with Gasteiger partial charge in [0.15, 0.2) is 0 Å². The fraction of sp³-hybridized carbons (Fsp3) is 0.533. The lowest BCUT2D eigenvalue weighted by Gasteiger charge is -2.28. The van der Waals surface area contributed by atoms with E-state index in [1.807, 2.05) is 31.2 Å². The Labute approximate surface area is 110 Å². The van der Waals surface area contributed by atoms with Gasteiger partial charge < -0.3 is 10.6 Å². The van der Waals surface area contributed by atoms with Crippen molar-refractivity contribution in [1.29, 1.82) is 0 Å². The third-order valence-corrected chi connectivity index (χ3v) is 3.29. The Hall–Kier alpha value is -1.51. The molecule has 0 radical (unpaired) electrons. The standard InChI is InChI=1S/C15H24N2O/c1-6-12-9-7-8-10-13(12)17-14(18)16-11(2)15(3,4)5/h7-11H,6H2,1-5H3,(H2,16,17,18)/t11-/m1/s1. The first-order valence-electron chi connectivity index (χ1n) is 6.50.